The third kappa shape index (κ3) is 2.73. The van der Waals surface area contributed by atoms with Gasteiger partial charge in [-0.15, -0.1) is 0 Å². The van der Waals surface area contributed by atoms with Crippen molar-refractivity contribution in [2.45, 2.75) is 45.6 Å². The van der Waals surface area contributed by atoms with Gasteiger partial charge in [-0.25, -0.2) is 4.98 Å². The van der Waals surface area contributed by atoms with Gasteiger partial charge in [-0.3, -0.25) is 0 Å². The zero-order valence-corrected chi connectivity index (χ0v) is 10.2. The number of hydrogen-bond acceptors (Lipinski definition) is 3. The standard InChI is InChI=1S/C13H19N3/c1-4-13(5-2,6-3)16-11-7-8-15-12(9-11)10-14/h7-9H,4-6H2,1-3H3,(H,15,16). The minimum absolute atomic E-state index is 0.133. The number of nitriles is 1. The van der Waals surface area contributed by atoms with Crippen LogP contribution in [0.3, 0.4) is 0 Å². The molecule has 86 valence electrons. The summed E-state index contributed by atoms with van der Waals surface area (Å²) < 4.78 is 0. The molecule has 1 rings (SSSR count). The molecule has 0 bridgehead atoms. The van der Waals surface area contributed by atoms with Crippen molar-refractivity contribution in [2.24, 2.45) is 0 Å². The Hall–Kier alpha value is -1.56. The van der Waals surface area contributed by atoms with Crippen LogP contribution in [0.15, 0.2) is 18.3 Å². The maximum absolute atomic E-state index is 8.79. The van der Waals surface area contributed by atoms with Gasteiger partial charge in [0, 0.05) is 17.4 Å². The van der Waals surface area contributed by atoms with E-state index in [1.807, 2.05) is 6.07 Å². The largest absolute Gasteiger partial charge is 0.380 e. The molecule has 0 atom stereocenters. The second kappa shape index (κ2) is 5.50. The first-order valence-electron chi connectivity index (χ1n) is 5.84. The Kier molecular flexibility index (Phi) is 4.30. The lowest BCUT2D eigenvalue weighted by Crippen LogP contribution is -2.36. The lowest BCUT2D eigenvalue weighted by Gasteiger charge is -2.33. The van der Waals surface area contributed by atoms with E-state index in [0.29, 0.717) is 5.69 Å². The normalized spacial score (nSPS) is 10.9. The summed E-state index contributed by atoms with van der Waals surface area (Å²) >= 11 is 0. The van der Waals surface area contributed by atoms with Gasteiger partial charge < -0.3 is 5.32 Å². The molecule has 16 heavy (non-hydrogen) atoms. The highest BCUT2D eigenvalue weighted by molar-refractivity contribution is 5.48. The van der Waals surface area contributed by atoms with Crippen molar-refractivity contribution in [3.05, 3.63) is 24.0 Å². The topological polar surface area (TPSA) is 48.7 Å². The number of rotatable bonds is 5. The van der Waals surface area contributed by atoms with Crippen LogP contribution in [0.4, 0.5) is 5.69 Å². The van der Waals surface area contributed by atoms with E-state index < -0.39 is 0 Å². The average molecular weight is 217 g/mol. The second-order valence-corrected chi connectivity index (χ2v) is 4.01. The second-order valence-electron chi connectivity index (χ2n) is 4.01. The fraction of sp³-hybridized carbons (Fsp3) is 0.538. The molecule has 1 heterocycles. The molecule has 0 spiro atoms. The molecule has 1 N–H and O–H groups in total. The lowest BCUT2D eigenvalue weighted by atomic mass is 9.89. The van der Waals surface area contributed by atoms with E-state index in [1.165, 1.54) is 0 Å². The van der Waals surface area contributed by atoms with Crippen molar-refractivity contribution in [3.63, 3.8) is 0 Å². The Morgan fingerprint density at radius 3 is 2.44 bits per heavy atom. The molecule has 3 nitrogen and oxygen atoms in total. The van der Waals surface area contributed by atoms with Gasteiger partial charge in [-0.2, -0.15) is 5.26 Å². The van der Waals surface area contributed by atoms with Crippen molar-refractivity contribution < 1.29 is 0 Å². The summed E-state index contributed by atoms with van der Waals surface area (Å²) in [7, 11) is 0. The Morgan fingerprint density at radius 2 is 1.94 bits per heavy atom. The van der Waals surface area contributed by atoms with Gasteiger partial charge in [-0.05, 0) is 31.4 Å². The van der Waals surface area contributed by atoms with E-state index in [4.69, 9.17) is 5.26 Å². The van der Waals surface area contributed by atoms with Crippen LogP contribution >= 0.6 is 0 Å². The molecule has 0 unspecified atom stereocenters. The smallest absolute Gasteiger partial charge is 0.142 e. The summed E-state index contributed by atoms with van der Waals surface area (Å²) in [6.45, 7) is 6.56. The van der Waals surface area contributed by atoms with Gasteiger partial charge in [-0.1, -0.05) is 20.8 Å². The van der Waals surface area contributed by atoms with Gasteiger partial charge in [0.15, 0.2) is 0 Å². The summed E-state index contributed by atoms with van der Waals surface area (Å²) in [6, 6.07) is 5.77. The van der Waals surface area contributed by atoms with E-state index in [-0.39, 0.29) is 5.54 Å². The number of nitrogens with one attached hydrogen (secondary N) is 1. The number of anilines is 1. The van der Waals surface area contributed by atoms with Gasteiger partial charge in [0.25, 0.3) is 0 Å². The SMILES string of the molecule is CCC(CC)(CC)Nc1ccnc(C#N)c1. The van der Waals surface area contributed by atoms with Crippen LogP contribution in [0.25, 0.3) is 0 Å². The molecule has 0 saturated heterocycles. The predicted octanol–water partition coefficient (Wildman–Crippen LogP) is 3.33. The van der Waals surface area contributed by atoms with E-state index in [0.717, 1.165) is 24.9 Å². The third-order valence-electron chi connectivity index (χ3n) is 3.31. The molecule has 3 heteroatoms. The molecule has 0 amide bonds. The zero-order valence-electron chi connectivity index (χ0n) is 10.2. The summed E-state index contributed by atoms with van der Waals surface area (Å²) in [5.74, 6) is 0. The molecule has 0 saturated carbocycles. The average Bonchev–Trinajstić information content (AvgIpc) is 2.36. The summed E-state index contributed by atoms with van der Waals surface area (Å²) in [5, 5.41) is 12.3. The van der Waals surface area contributed by atoms with Crippen molar-refractivity contribution in [2.75, 3.05) is 5.32 Å². The molecule has 0 aliphatic carbocycles. The maximum Gasteiger partial charge on any atom is 0.142 e. The van der Waals surface area contributed by atoms with Crippen LogP contribution in [0.5, 0.6) is 0 Å². The number of nitrogens with zero attached hydrogens (tertiary/aromatic N) is 2. The number of hydrogen-bond donors (Lipinski definition) is 1. The van der Waals surface area contributed by atoms with Crippen LogP contribution in [0, 0.1) is 11.3 Å². The van der Waals surface area contributed by atoms with Gasteiger partial charge in [0.2, 0.25) is 0 Å². The van der Waals surface area contributed by atoms with Gasteiger partial charge >= 0.3 is 0 Å². The predicted molar refractivity (Wildman–Crippen MR) is 66.2 cm³/mol. The summed E-state index contributed by atoms with van der Waals surface area (Å²) in [6.07, 6.45) is 4.89. The monoisotopic (exact) mass is 217 g/mol. The van der Waals surface area contributed by atoms with Crippen LogP contribution in [-0.2, 0) is 0 Å². The zero-order chi connectivity index (χ0) is 12.0. The van der Waals surface area contributed by atoms with Crippen LogP contribution in [0.2, 0.25) is 0 Å². The Labute approximate surface area is 97.5 Å². The maximum atomic E-state index is 8.79. The first-order chi connectivity index (χ1) is 7.69. The van der Waals surface area contributed by atoms with Crippen molar-refractivity contribution in [1.29, 1.82) is 5.26 Å². The fourth-order valence-electron chi connectivity index (χ4n) is 1.89. The molecule has 0 fully saturated rings. The first-order valence-corrected chi connectivity index (χ1v) is 5.84. The van der Waals surface area contributed by atoms with E-state index in [9.17, 15) is 0 Å². The Morgan fingerprint density at radius 1 is 1.31 bits per heavy atom. The lowest BCUT2D eigenvalue weighted by molar-refractivity contribution is 0.420. The molecule has 1 aromatic rings. The van der Waals surface area contributed by atoms with Crippen LogP contribution in [-0.4, -0.2) is 10.5 Å². The Balaban J connectivity index is 2.90. The van der Waals surface area contributed by atoms with Crippen molar-refractivity contribution in [3.8, 4) is 6.07 Å². The van der Waals surface area contributed by atoms with Gasteiger partial charge in [0.1, 0.15) is 11.8 Å². The minimum Gasteiger partial charge on any atom is -0.380 e. The van der Waals surface area contributed by atoms with E-state index in [2.05, 4.69) is 37.1 Å². The molecule has 0 radical (unpaired) electrons. The molecular formula is C13H19N3. The fourth-order valence-corrected chi connectivity index (χ4v) is 1.89. The van der Waals surface area contributed by atoms with E-state index in [1.54, 1.807) is 12.3 Å². The van der Waals surface area contributed by atoms with Crippen LogP contribution < -0.4 is 5.32 Å². The number of pyridine rings is 1. The van der Waals surface area contributed by atoms with Gasteiger partial charge in [0.05, 0.1) is 0 Å². The van der Waals surface area contributed by atoms with E-state index >= 15 is 0 Å². The molecule has 0 aliphatic rings. The third-order valence-corrected chi connectivity index (χ3v) is 3.31. The van der Waals surface area contributed by atoms with Crippen molar-refractivity contribution >= 4 is 5.69 Å². The summed E-state index contributed by atoms with van der Waals surface area (Å²) in [4.78, 5) is 3.96. The highest BCUT2D eigenvalue weighted by Crippen LogP contribution is 2.25. The molecule has 1 aromatic heterocycles. The highest BCUT2D eigenvalue weighted by Gasteiger charge is 2.23. The quantitative estimate of drug-likeness (QED) is 0.823. The van der Waals surface area contributed by atoms with Crippen molar-refractivity contribution in [1.82, 2.24) is 4.98 Å². The Bertz CT molecular complexity index is 367. The molecule has 0 aromatic carbocycles. The first kappa shape index (κ1) is 12.5. The highest BCUT2D eigenvalue weighted by atomic mass is 15.0. The molecule has 0 aliphatic heterocycles. The number of aromatic nitrogens is 1. The minimum atomic E-state index is 0.133. The van der Waals surface area contributed by atoms with Crippen LogP contribution in [0.1, 0.15) is 45.7 Å². The summed E-state index contributed by atoms with van der Waals surface area (Å²) in [5.41, 5.74) is 1.58. The molecular weight excluding hydrogens is 198 g/mol.